The summed E-state index contributed by atoms with van der Waals surface area (Å²) >= 11 is 6.36. The molecule has 7 nitrogen and oxygen atoms in total. The van der Waals surface area contributed by atoms with Gasteiger partial charge in [-0.1, -0.05) is 11.6 Å². The van der Waals surface area contributed by atoms with Crippen molar-refractivity contribution in [3.8, 4) is 0 Å². The molecule has 0 saturated carbocycles. The fraction of sp³-hybridized carbons (Fsp3) is 0.312. The molecule has 24 heavy (non-hydrogen) atoms. The van der Waals surface area contributed by atoms with Crippen molar-refractivity contribution in [2.45, 2.75) is 20.3 Å². The summed E-state index contributed by atoms with van der Waals surface area (Å²) in [4.78, 5) is 23.7. The lowest BCUT2D eigenvalue weighted by Gasteiger charge is -2.22. The number of ketones is 1. The van der Waals surface area contributed by atoms with Crippen LogP contribution in [0, 0.1) is 10.1 Å². The highest BCUT2D eigenvalue weighted by atomic mass is 35.5. The standard InChI is InChI=1S/C16H17ClN4O3/c1-3-20(4-2)16-14(21(23)24)10-9-13(15(16)17)19-18-11-5-7-12(22)8-6-11/h5-7,9-10H,3-4,8H2,1-2H3. The third kappa shape index (κ3) is 3.86. The summed E-state index contributed by atoms with van der Waals surface area (Å²) in [6.45, 7) is 4.94. The van der Waals surface area contributed by atoms with E-state index in [1.165, 1.54) is 18.2 Å². The number of benzene rings is 1. The van der Waals surface area contributed by atoms with Gasteiger partial charge < -0.3 is 4.90 Å². The third-order valence-corrected chi connectivity index (χ3v) is 3.95. The van der Waals surface area contributed by atoms with E-state index in [-0.39, 0.29) is 22.9 Å². The normalized spacial score (nSPS) is 14.1. The van der Waals surface area contributed by atoms with E-state index in [4.69, 9.17) is 11.6 Å². The first-order valence-electron chi connectivity index (χ1n) is 7.52. The van der Waals surface area contributed by atoms with Crippen LogP contribution < -0.4 is 4.90 Å². The van der Waals surface area contributed by atoms with Crippen LogP contribution >= 0.6 is 11.6 Å². The third-order valence-electron chi connectivity index (χ3n) is 3.58. The van der Waals surface area contributed by atoms with Gasteiger partial charge in [-0.15, -0.1) is 5.11 Å². The molecule has 1 aromatic carbocycles. The molecule has 0 atom stereocenters. The number of hydrogen-bond acceptors (Lipinski definition) is 6. The Balaban J connectivity index is 2.42. The second kappa shape index (κ2) is 7.83. The first-order chi connectivity index (χ1) is 11.5. The minimum Gasteiger partial charge on any atom is -0.365 e. The minimum absolute atomic E-state index is 0.00568. The van der Waals surface area contributed by atoms with E-state index in [1.807, 2.05) is 13.8 Å². The summed E-state index contributed by atoms with van der Waals surface area (Å²) in [5.74, 6) is 0.00568. The Morgan fingerprint density at radius 1 is 1.25 bits per heavy atom. The average molecular weight is 349 g/mol. The Labute approximate surface area is 144 Å². The van der Waals surface area contributed by atoms with Crippen LogP contribution in [0.4, 0.5) is 17.1 Å². The summed E-state index contributed by atoms with van der Waals surface area (Å²) in [5.41, 5.74) is 1.17. The fourth-order valence-electron chi connectivity index (χ4n) is 2.31. The number of carbonyl (C=O) groups is 1. The molecule has 8 heteroatoms. The van der Waals surface area contributed by atoms with Gasteiger partial charge in [-0.3, -0.25) is 14.9 Å². The van der Waals surface area contributed by atoms with Crippen LogP contribution in [0.25, 0.3) is 0 Å². The highest BCUT2D eigenvalue weighted by Crippen LogP contribution is 2.42. The minimum atomic E-state index is -0.460. The molecule has 0 aromatic heterocycles. The maximum atomic E-state index is 11.3. The Morgan fingerprint density at radius 3 is 2.50 bits per heavy atom. The zero-order valence-corrected chi connectivity index (χ0v) is 14.2. The van der Waals surface area contributed by atoms with Gasteiger partial charge in [-0.2, -0.15) is 5.11 Å². The van der Waals surface area contributed by atoms with Crippen molar-refractivity contribution in [1.29, 1.82) is 0 Å². The summed E-state index contributed by atoms with van der Waals surface area (Å²) in [6.07, 6.45) is 4.95. The largest absolute Gasteiger partial charge is 0.365 e. The molecule has 0 saturated heterocycles. The van der Waals surface area contributed by atoms with E-state index >= 15 is 0 Å². The number of nitrogens with zero attached hydrogens (tertiary/aromatic N) is 4. The van der Waals surface area contributed by atoms with E-state index in [0.717, 1.165) is 0 Å². The summed E-state index contributed by atoms with van der Waals surface area (Å²) in [6, 6.07) is 2.84. The molecule has 1 aliphatic rings. The number of nitro benzene ring substituents is 1. The molecule has 126 valence electrons. The number of hydrogen-bond donors (Lipinski definition) is 0. The predicted octanol–water partition coefficient (Wildman–Crippen LogP) is 4.59. The van der Waals surface area contributed by atoms with Gasteiger partial charge in [0.15, 0.2) is 5.78 Å². The zero-order valence-electron chi connectivity index (χ0n) is 13.4. The second-order valence-corrected chi connectivity index (χ2v) is 5.41. The van der Waals surface area contributed by atoms with Crippen LogP contribution in [0.1, 0.15) is 20.3 Å². The molecule has 0 unspecified atom stereocenters. The lowest BCUT2D eigenvalue weighted by atomic mass is 10.1. The van der Waals surface area contributed by atoms with Gasteiger partial charge in [0.05, 0.1) is 15.6 Å². The van der Waals surface area contributed by atoms with Crippen LogP contribution in [0.2, 0.25) is 5.02 Å². The predicted molar refractivity (Wildman–Crippen MR) is 93.0 cm³/mol. The van der Waals surface area contributed by atoms with Gasteiger partial charge >= 0.3 is 0 Å². The maximum Gasteiger partial charge on any atom is 0.294 e. The lowest BCUT2D eigenvalue weighted by molar-refractivity contribution is -0.384. The van der Waals surface area contributed by atoms with Crippen molar-refractivity contribution >= 4 is 34.4 Å². The molecular formula is C16H17ClN4O3. The molecule has 1 aromatic rings. The Hall–Kier alpha value is -2.54. The van der Waals surface area contributed by atoms with Gasteiger partial charge in [-0.25, -0.2) is 0 Å². The SMILES string of the molecule is CCN(CC)c1c([N+](=O)[O-])ccc(N=NC2=CCC(=O)C=C2)c1Cl. The van der Waals surface area contributed by atoms with Gasteiger partial charge in [0.2, 0.25) is 0 Å². The number of azo groups is 1. The average Bonchev–Trinajstić information content (AvgIpc) is 2.57. The monoisotopic (exact) mass is 348 g/mol. The number of allylic oxidation sites excluding steroid dienone is 3. The van der Waals surface area contributed by atoms with Crippen LogP contribution in [0.3, 0.4) is 0 Å². The number of carbonyl (C=O) groups excluding carboxylic acids is 1. The van der Waals surface area contributed by atoms with Crippen molar-refractivity contribution in [3.05, 3.63) is 51.2 Å². The topological polar surface area (TPSA) is 88.2 Å². The molecule has 1 aliphatic carbocycles. The Morgan fingerprint density at radius 2 is 1.96 bits per heavy atom. The van der Waals surface area contributed by atoms with Crippen molar-refractivity contribution < 1.29 is 9.72 Å². The van der Waals surface area contributed by atoms with Crippen molar-refractivity contribution in [2.24, 2.45) is 10.2 Å². The van der Waals surface area contributed by atoms with Crippen LogP contribution in [-0.2, 0) is 4.79 Å². The lowest BCUT2D eigenvalue weighted by Crippen LogP contribution is -2.23. The number of rotatable bonds is 6. The summed E-state index contributed by atoms with van der Waals surface area (Å²) < 4.78 is 0. The molecular weight excluding hydrogens is 332 g/mol. The van der Waals surface area contributed by atoms with E-state index in [2.05, 4.69) is 10.2 Å². The van der Waals surface area contributed by atoms with Crippen LogP contribution in [0.15, 0.2) is 46.3 Å². The van der Waals surface area contributed by atoms with E-state index < -0.39 is 4.92 Å². The summed E-state index contributed by atoms with van der Waals surface area (Å²) in [5, 5.41) is 19.6. The summed E-state index contributed by atoms with van der Waals surface area (Å²) in [7, 11) is 0. The number of halogens is 1. The maximum absolute atomic E-state index is 11.3. The van der Waals surface area contributed by atoms with E-state index in [0.29, 0.717) is 30.2 Å². The zero-order chi connectivity index (χ0) is 17.7. The van der Waals surface area contributed by atoms with Gasteiger partial charge in [0.1, 0.15) is 11.4 Å². The van der Waals surface area contributed by atoms with Crippen molar-refractivity contribution in [2.75, 3.05) is 18.0 Å². The molecule has 0 radical (unpaired) electrons. The van der Waals surface area contributed by atoms with Crippen molar-refractivity contribution in [1.82, 2.24) is 0 Å². The van der Waals surface area contributed by atoms with Crippen LogP contribution in [0.5, 0.6) is 0 Å². The highest BCUT2D eigenvalue weighted by molar-refractivity contribution is 6.36. The molecule has 0 N–H and O–H groups in total. The first-order valence-corrected chi connectivity index (χ1v) is 7.90. The Bertz CT molecular complexity index is 752. The molecule has 2 rings (SSSR count). The molecule has 0 amide bonds. The van der Waals surface area contributed by atoms with Gasteiger partial charge in [-0.05, 0) is 38.1 Å². The number of nitro groups is 1. The highest BCUT2D eigenvalue weighted by Gasteiger charge is 2.23. The first kappa shape index (κ1) is 17.8. The molecule has 0 bridgehead atoms. The molecule has 0 heterocycles. The smallest absolute Gasteiger partial charge is 0.294 e. The molecule has 0 aliphatic heterocycles. The van der Waals surface area contributed by atoms with Gasteiger partial charge in [0, 0.05) is 25.6 Å². The second-order valence-electron chi connectivity index (χ2n) is 5.03. The van der Waals surface area contributed by atoms with Crippen LogP contribution in [-0.4, -0.2) is 23.8 Å². The van der Waals surface area contributed by atoms with Gasteiger partial charge in [0.25, 0.3) is 5.69 Å². The van der Waals surface area contributed by atoms with E-state index in [9.17, 15) is 14.9 Å². The van der Waals surface area contributed by atoms with Crippen molar-refractivity contribution in [3.63, 3.8) is 0 Å². The fourth-order valence-corrected chi connectivity index (χ4v) is 2.63. The Kier molecular flexibility index (Phi) is 5.81. The molecule has 0 fully saturated rings. The quantitative estimate of drug-likeness (QED) is 0.427. The molecule has 0 spiro atoms. The van der Waals surface area contributed by atoms with E-state index in [1.54, 1.807) is 17.1 Å². The number of anilines is 1.